The Morgan fingerprint density at radius 1 is 1.02 bits per heavy atom. The van der Waals surface area contributed by atoms with Gasteiger partial charge in [-0.2, -0.15) is 5.10 Å². The molecular weight excluding hydrogens is 569 g/mol. The van der Waals surface area contributed by atoms with E-state index in [1.54, 1.807) is 66.6 Å². The fourth-order valence-corrected chi connectivity index (χ4v) is 4.88. The van der Waals surface area contributed by atoms with Gasteiger partial charge in [-0.1, -0.05) is 36.4 Å². The Morgan fingerprint density at radius 3 is 2.41 bits per heavy atom. The van der Waals surface area contributed by atoms with Gasteiger partial charge in [-0.3, -0.25) is 19.3 Å². The van der Waals surface area contributed by atoms with Crippen LogP contribution in [0.25, 0.3) is 6.08 Å². The molecule has 0 radical (unpaired) electrons. The van der Waals surface area contributed by atoms with Crippen molar-refractivity contribution < 1.29 is 22.4 Å². The second-order valence-electron chi connectivity index (χ2n) is 8.95. The number of rotatable bonds is 11. The zero-order chi connectivity index (χ0) is 28.5. The molecule has 0 aliphatic heterocycles. The average Bonchev–Trinajstić information content (AvgIpc) is 3.39. The van der Waals surface area contributed by atoms with E-state index in [-0.39, 0.29) is 25.4 Å². The normalized spacial score (nSPS) is 12.0. The van der Waals surface area contributed by atoms with Crippen LogP contribution < -0.4 is 9.62 Å². The number of hydrogen-bond acceptors (Lipinski definition) is 6. The summed E-state index contributed by atoms with van der Waals surface area (Å²) in [5, 5.41) is 5.20. The lowest BCUT2D eigenvalue weighted by molar-refractivity contribution is -0.132. The van der Waals surface area contributed by atoms with Crippen LogP contribution >= 0.6 is 12.4 Å². The Hall–Kier alpha value is -4.35. The standard InChI is InChI=1S/C29H28FN5O4S.ClH/c1-2-35(26-12-10-25(30)11-13-26)29(37)27(17-24-19-32-34(21-24)20-23-9-6-15-31-18-23)28(36)33-40(38,39)16-14-22-7-4-3-5-8-22;/h3-16,18-19,21,27H,2,17,20H2,1H3,(H,33,36);1H/b16-14+;. The lowest BCUT2D eigenvalue weighted by atomic mass is 9.99. The van der Waals surface area contributed by atoms with Crippen molar-refractivity contribution >= 4 is 46.0 Å². The third kappa shape index (κ3) is 8.82. The lowest BCUT2D eigenvalue weighted by Gasteiger charge is -2.25. The summed E-state index contributed by atoms with van der Waals surface area (Å²) < 4.78 is 42.7. The molecule has 0 aliphatic carbocycles. The summed E-state index contributed by atoms with van der Waals surface area (Å²) in [6, 6.07) is 17.7. The summed E-state index contributed by atoms with van der Waals surface area (Å²) in [5.41, 5.74) is 2.48. The molecule has 4 aromatic rings. The molecule has 1 N–H and O–H groups in total. The second-order valence-corrected chi connectivity index (χ2v) is 10.5. The van der Waals surface area contributed by atoms with Crippen LogP contribution in [0.5, 0.6) is 0 Å². The van der Waals surface area contributed by atoms with Crippen molar-refractivity contribution in [2.45, 2.75) is 19.9 Å². The Kier molecular flexibility index (Phi) is 10.9. The molecule has 9 nitrogen and oxygen atoms in total. The molecule has 2 heterocycles. The van der Waals surface area contributed by atoms with Gasteiger partial charge in [0.05, 0.1) is 18.1 Å². The molecule has 12 heteroatoms. The number of pyridine rings is 1. The summed E-state index contributed by atoms with van der Waals surface area (Å²) in [7, 11) is -4.22. The van der Waals surface area contributed by atoms with E-state index in [2.05, 4.69) is 10.1 Å². The van der Waals surface area contributed by atoms with Gasteiger partial charge < -0.3 is 4.90 Å². The van der Waals surface area contributed by atoms with E-state index in [4.69, 9.17) is 0 Å². The van der Waals surface area contributed by atoms with Crippen LogP contribution in [0.3, 0.4) is 0 Å². The van der Waals surface area contributed by atoms with E-state index in [9.17, 15) is 22.4 Å². The summed E-state index contributed by atoms with van der Waals surface area (Å²) in [6.45, 7) is 2.31. The Morgan fingerprint density at radius 2 is 1.76 bits per heavy atom. The fraction of sp³-hybridized carbons (Fsp3) is 0.172. The smallest absolute Gasteiger partial charge is 0.257 e. The predicted molar refractivity (Wildman–Crippen MR) is 157 cm³/mol. The molecule has 2 aromatic heterocycles. The molecule has 0 saturated carbocycles. The van der Waals surface area contributed by atoms with E-state index in [1.807, 2.05) is 10.8 Å². The predicted octanol–water partition coefficient (Wildman–Crippen LogP) is 4.22. The van der Waals surface area contributed by atoms with Crippen LogP contribution in [0, 0.1) is 11.7 Å². The Bertz CT molecular complexity index is 1580. The van der Waals surface area contributed by atoms with E-state index >= 15 is 0 Å². The number of nitrogens with zero attached hydrogens (tertiary/aromatic N) is 4. The maximum atomic E-state index is 13.7. The zero-order valence-corrected chi connectivity index (χ0v) is 23.8. The molecule has 1 unspecified atom stereocenters. The van der Waals surface area contributed by atoms with E-state index in [0.29, 0.717) is 23.4 Å². The number of amides is 2. The molecule has 0 saturated heterocycles. The second kappa shape index (κ2) is 14.3. The Labute approximate surface area is 244 Å². The molecule has 0 fully saturated rings. The van der Waals surface area contributed by atoms with Gasteiger partial charge in [0.15, 0.2) is 0 Å². The summed E-state index contributed by atoms with van der Waals surface area (Å²) in [6.07, 6.45) is 7.84. The third-order valence-corrected chi connectivity index (χ3v) is 6.99. The third-order valence-electron chi connectivity index (χ3n) is 6.01. The number of aromatic nitrogens is 3. The summed E-state index contributed by atoms with van der Waals surface area (Å²) in [5.74, 6) is -3.49. The van der Waals surface area contributed by atoms with Gasteiger partial charge in [-0.25, -0.2) is 17.5 Å². The first-order valence-electron chi connectivity index (χ1n) is 12.5. The monoisotopic (exact) mass is 597 g/mol. The van der Waals surface area contributed by atoms with Crippen LogP contribution in [-0.4, -0.2) is 41.5 Å². The highest BCUT2D eigenvalue weighted by Gasteiger charge is 2.33. The highest BCUT2D eigenvalue weighted by atomic mass is 35.5. The number of benzene rings is 2. The molecule has 41 heavy (non-hydrogen) atoms. The number of hydrogen-bond donors (Lipinski definition) is 1. The summed E-state index contributed by atoms with van der Waals surface area (Å²) >= 11 is 0. The first-order chi connectivity index (χ1) is 19.2. The van der Waals surface area contributed by atoms with Crippen molar-refractivity contribution in [1.82, 2.24) is 19.5 Å². The largest absolute Gasteiger partial charge is 0.312 e. The van der Waals surface area contributed by atoms with Crippen molar-refractivity contribution in [1.29, 1.82) is 0 Å². The van der Waals surface area contributed by atoms with Crippen molar-refractivity contribution in [2.24, 2.45) is 5.92 Å². The highest BCUT2D eigenvalue weighted by molar-refractivity contribution is 7.93. The van der Waals surface area contributed by atoms with Crippen molar-refractivity contribution in [2.75, 3.05) is 11.4 Å². The van der Waals surface area contributed by atoms with Crippen LogP contribution in [0.2, 0.25) is 0 Å². The minimum absolute atomic E-state index is 0. The average molecular weight is 598 g/mol. The van der Waals surface area contributed by atoms with Gasteiger partial charge in [0.2, 0.25) is 11.8 Å². The molecular formula is C29H29ClFN5O4S. The zero-order valence-electron chi connectivity index (χ0n) is 22.1. The first kappa shape index (κ1) is 31.2. The molecule has 2 aromatic carbocycles. The van der Waals surface area contributed by atoms with Gasteiger partial charge in [0.25, 0.3) is 10.0 Å². The molecule has 2 amide bonds. The molecule has 1 atom stereocenters. The van der Waals surface area contributed by atoms with Crippen LogP contribution in [-0.2, 0) is 32.6 Å². The van der Waals surface area contributed by atoms with Crippen LogP contribution in [0.1, 0.15) is 23.6 Å². The molecule has 4 rings (SSSR count). The van der Waals surface area contributed by atoms with Crippen molar-refractivity contribution in [3.05, 3.63) is 119 Å². The van der Waals surface area contributed by atoms with E-state index in [0.717, 1.165) is 11.0 Å². The number of sulfonamides is 1. The molecule has 0 aliphatic rings. The quantitative estimate of drug-likeness (QED) is 0.259. The van der Waals surface area contributed by atoms with Gasteiger partial charge in [-0.15, -0.1) is 12.4 Å². The van der Waals surface area contributed by atoms with Crippen LogP contribution in [0.4, 0.5) is 10.1 Å². The maximum absolute atomic E-state index is 13.7. The number of carbonyl (C=O) groups excluding carboxylic acids is 2. The number of nitrogens with one attached hydrogen (secondary N) is 1. The van der Waals surface area contributed by atoms with Gasteiger partial charge in [0, 0.05) is 30.8 Å². The minimum atomic E-state index is -4.22. The lowest BCUT2D eigenvalue weighted by Crippen LogP contribution is -2.46. The summed E-state index contributed by atoms with van der Waals surface area (Å²) in [4.78, 5) is 32.4. The van der Waals surface area contributed by atoms with Crippen molar-refractivity contribution in [3.63, 3.8) is 0 Å². The number of carbonyl (C=O) groups is 2. The fourth-order valence-electron chi connectivity index (χ4n) is 4.06. The molecule has 0 bridgehead atoms. The van der Waals surface area contributed by atoms with E-state index in [1.165, 1.54) is 41.4 Å². The van der Waals surface area contributed by atoms with Crippen LogP contribution in [0.15, 0.2) is 96.9 Å². The van der Waals surface area contributed by atoms with Gasteiger partial charge >= 0.3 is 0 Å². The first-order valence-corrected chi connectivity index (χ1v) is 14.1. The Balaban J connectivity index is 0.00000462. The number of halogens is 2. The van der Waals surface area contributed by atoms with Gasteiger partial charge in [0.1, 0.15) is 11.7 Å². The minimum Gasteiger partial charge on any atom is -0.312 e. The highest BCUT2D eigenvalue weighted by Crippen LogP contribution is 2.20. The SMILES string of the molecule is CCN(C(=O)C(Cc1cnn(Cc2cccnc2)c1)C(=O)NS(=O)(=O)/C=C/c1ccccc1)c1ccc(F)cc1.Cl. The molecule has 214 valence electrons. The number of anilines is 1. The maximum Gasteiger partial charge on any atom is 0.257 e. The van der Waals surface area contributed by atoms with Crippen molar-refractivity contribution in [3.8, 4) is 0 Å². The van der Waals surface area contributed by atoms with Gasteiger partial charge in [-0.05, 0) is 66.4 Å². The molecule has 0 spiro atoms. The topological polar surface area (TPSA) is 114 Å². The van der Waals surface area contributed by atoms with E-state index < -0.39 is 33.6 Å².